The van der Waals surface area contributed by atoms with E-state index >= 15 is 0 Å². The van der Waals surface area contributed by atoms with Gasteiger partial charge in [-0.1, -0.05) is 23.7 Å². The number of aromatic nitrogens is 1. The molecule has 110 valence electrons. The lowest BCUT2D eigenvalue weighted by atomic mass is 10.1. The minimum atomic E-state index is -0.302. The zero-order valence-electron chi connectivity index (χ0n) is 11.3. The molecule has 2 aromatic rings. The molecule has 5 nitrogen and oxygen atoms in total. The molecule has 6 heteroatoms. The molecule has 1 aromatic carbocycles. The summed E-state index contributed by atoms with van der Waals surface area (Å²) in [7, 11) is 0. The van der Waals surface area contributed by atoms with Gasteiger partial charge in [-0.3, -0.25) is 4.79 Å². The summed E-state index contributed by atoms with van der Waals surface area (Å²) < 4.78 is 0. The molecule has 0 radical (unpaired) electrons. The lowest BCUT2D eigenvalue weighted by Gasteiger charge is -2.08. The van der Waals surface area contributed by atoms with Crippen molar-refractivity contribution in [3.05, 3.63) is 52.7 Å². The Bertz CT molecular complexity index is 647. The smallest absolute Gasteiger partial charge is 0.257 e. The monoisotopic (exact) mass is 305 g/mol. The highest BCUT2D eigenvalue weighted by Crippen LogP contribution is 2.18. The molecule has 0 aliphatic carbocycles. The Morgan fingerprint density at radius 1 is 1.38 bits per heavy atom. The number of rotatable bonds is 5. The summed E-state index contributed by atoms with van der Waals surface area (Å²) in [5, 5.41) is 11.9. The number of nitrogen functional groups attached to an aromatic ring is 1. The van der Waals surface area contributed by atoms with E-state index in [2.05, 4.69) is 10.3 Å². The Hall–Kier alpha value is -2.11. The molecule has 21 heavy (non-hydrogen) atoms. The number of carbonyl (C=O) groups is 1. The molecule has 1 heterocycles. The fraction of sp³-hybridized carbons (Fsp3) is 0.200. The number of hydrogen-bond acceptors (Lipinski definition) is 4. The van der Waals surface area contributed by atoms with E-state index in [-0.39, 0.29) is 23.4 Å². The topological polar surface area (TPSA) is 88.2 Å². The van der Waals surface area contributed by atoms with Gasteiger partial charge in [-0.05, 0) is 36.6 Å². The van der Waals surface area contributed by atoms with Crippen LogP contribution in [0.2, 0.25) is 5.02 Å². The summed E-state index contributed by atoms with van der Waals surface area (Å²) in [5.74, 6) is -0.108. The van der Waals surface area contributed by atoms with Gasteiger partial charge < -0.3 is 16.2 Å². The Balaban J connectivity index is 2.10. The predicted molar refractivity (Wildman–Crippen MR) is 83.5 cm³/mol. The number of benzene rings is 1. The van der Waals surface area contributed by atoms with Gasteiger partial charge in [-0.2, -0.15) is 0 Å². The van der Waals surface area contributed by atoms with Crippen LogP contribution in [0.4, 0.5) is 11.5 Å². The average Bonchev–Trinajstić information content (AvgIpc) is 2.48. The number of amides is 1. The third kappa shape index (κ3) is 4.18. The molecular formula is C15H16ClN3O2. The molecule has 0 aliphatic heterocycles. The van der Waals surface area contributed by atoms with Gasteiger partial charge in [-0.15, -0.1) is 0 Å². The molecule has 2 rings (SSSR count). The van der Waals surface area contributed by atoms with Crippen molar-refractivity contribution < 1.29 is 9.90 Å². The van der Waals surface area contributed by atoms with Crippen molar-refractivity contribution in [1.82, 2.24) is 4.98 Å². The van der Waals surface area contributed by atoms with Crippen LogP contribution >= 0.6 is 11.6 Å². The number of aliphatic hydroxyl groups is 1. The maximum Gasteiger partial charge on any atom is 0.257 e. The molecular weight excluding hydrogens is 290 g/mol. The number of hydrogen-bond donors (Lipinski definition) is 3. The Labute approximate surface area is 127 Å². The predicted octanol–water partition coefficient (Wildman–Crippen LogP) is 2.49. The van der Waals surface area contributed by atoms with Gasteiger partial charge in [0.2, 0.25) is 0 Å². The fourth-order valence-electron chi connectivity index (χ4n) is 1.86. The third-order valence-electron chi connectivity index (χ3n) is 2.94. The normalized spacial score (nSPS) is 10.4. The van der Waals surface area contributed by atoms with Gasteiger partial charge in [0.1, 0.15) is 5.82 Å². The van der Waals surface area contributed by atoms with Crippen LogP contribution in [-0.2, 0) is 6.42 Å². The first-order valence-corrected chi connectivity index (χ1v) is 6.90. The molecule has 1 amide bonds. The first-order chi connectivity index (χ1) is 10.1. The minimum Gasteiger partial charge on any atom is -0.396 e. The zero-order valence-corrected chi connectivity index (χ0v) is 12.1. The molecule has 4 N–H and O–H groups in total. The van der Waals surface area contributed by atoms with Crippen molar-refractivity contribution in [2.75, 3.05) is 17.7 Å². The second kappa shape index (κ2) is 7.06. The number of halogens is 1. The second-order valence-electron chi connectivity index (χ2n) is 4.57. The van der Waals surface area contributed by atoms with E-state index in [9.17, 15) is 4.79 Å². The van der Waals surface area contributed by atoms with Crippen molar-refractivity contribution >= 4 is 29.0 Å². The van der Waals surface area contributed by atoms with Gasteiger partial charge in [0, 0.05) is 18.5 Å². The van der Waals surface area contributed by atoms with Crippen LogP contribution < -0.4 is 11.1 Å². The maximum atomic E-state index is 12.1. The van der Waals surface area contributed by atoms with Crippen LogP contribution in [-0.4, -0.2) is 22.6 Å². The number of pyridine rings is 1. The molecule has 0 bridgehead atoms. The fourth-order valence-corrected chi connectivity index (χ4v) is 2.03. The van der Waals surface area contributed by atoms with Crippen molar-refractivity contribution in [1.29, 1.82) is 0 Å². The number of nitrogens with two attached hydrogens (primary N) is 1. The highest BCUT2D eigenvalue weighted by atomic mass is 35.5. The summed E-state index contributed by atoms with van der Waals surface area (Å²) in [6.07, 6.45) is 2.83. The Morgan fingerprint density at radius 2 is 2.19 bits per heavy atom. The molecule has 0 unspecified atom stereocenters. The molecule has 0 saturated carbocycles. The van der Waals surface area contributed by atoms with E-state index in [0.29, 0.717) is 17.7 Å². The van der Waals surface area contributed by atoms with E-state index in [0.717, 1.165) is 12.0 Å². The van der Waals surface area contributed by atoms with Crippen LogP contribution in [0.25, 0.3) is 0 Å². The quantitative estimate of drug-likeness (QED) is 0.792. The van der Waals surface area contributed by atoms with Crippen molar-refractivity contribution in [3.63, 3.8) is 0 Å². The van der Waals surface area contributed by atoms with Gasteiger partial charge in [-0.25, -0.2) is 4.98 Å². The lowest BCUT2D eigenvalue weighted by Crippen LogP contribution is -2.12. The minimum absolute atomic E-state index is 0.145. The van der Waals surface area contributed by atoms with E-state index in [1.165, 1.54) is 12.3 Å². The molecule has 1 aromatic heterocycles. The third-order valence-corrected chi connectivity index (χ3v) is 3.24. The van der Waals surface area contributed by atoms with Gasteiger partial charge in [0.05, 0.1) is 10.6 Å². The molecule has 0 aliphatic rings. The number of nitrogens with one attached hydrogen (secondary N) is 1. The number of nitrogens with zero attached hydrogens (tertiary/aromatic N) is 1. The molecule has 0 spiro atoms. The van der Waals surface area contributed by atoms with Crippen molar-refractivity contribution in [2.24, 2.45) is 0 Å². The number of aryl methyl sites for hydroxylation is 1. The van der Waals surface area contributed by atoms with Crippen molar-refractivity contribution in [2.45, 2.75) is 12.8 Å². The molecule has 0 fully saturated rings. The summed E-state index contributed by atoms with van der Waals surface area (Å²) >= 11 is 5.85. The first-order valence-electron chi connectivity index (χ1n) is 6.52. The number of carbonyl (C=O) groups excluding carboxylic acids is 1. The van der Waals surface area contributed by atoms with E-state index in [4.69, 9.17) is 22.4 Å². The van der Waals surface area contributed by atoms with Crippen LogP contribution in [0.15, 0.2) is 36.5 Å². The van der Waals surface area contributed by atoms with Crippen LogP contribution in [0.3, 0.4) is 0 Å². The van der Waals surface area contributed by atoms with Gasteiger partial charge in [0.25, 0.3) is 5.91 Å². The standard InChI is InChI=1S/C15H16ClN3O2/c16-13-8-11(9-18-14(13)17)15(21)19-12-5-1-3-10(7-12)4-2-6-20/h1,3,5,7-9,20H,2,4,6H2,(H2,17,18)(H,19,21). The highest BCUT2D eigenvalue weighted by molar-refractivity contribution is 6.33. The highest BCUT2D eigenvalue weighted by Gasteiger charge is 2.09. The number of anilines is 2. The molecule has 0 atom stereocenters. The summed E-state index contributed by atoms with van der Waals surface area (Å²) in [6.45, 7) is 0.145. The van der Waals surface area contributed by atoms with E-state index in [1.807, 2.05) is 18.2 Å². The summed E-state index contributed by atoms with van der Waals surface area (Å²) in [4.78, 5) is 16.0. The van der Waals surface area contributed by atoms with E-state index < -0.39 is 0 Å². The summed E-state index contributed by atoms with van der Waals surface area (Å²) in [6, 6.07) is 8.96. The van der Waals surface area contributed by atoms with Gasteiger partial charge >= 0.3 is 0 Å². The Morgan fingerprint density at radius 3 is 2.90 bits per heavy atom. The van der Waals surface area contributed by atoms with Crippen LogP contribution in [0, 0.1) is 0 Å². The summed E-state index contributed by atoms with van der Waals surface area (Å²) in [5.41, 5.74) is 7.59. The average molecular weight is 306 g/mol. The van der Waals surface area contributed by atoms with Gasteiger partial charge in [0.15, 0.2) is 0 Å². The second-order valence-corrected chi connectivity index (χ2v) is 4.98. The van der Waals surface area contributed by atoms with Crippen LogP contribution in [0.5, 0.6) is 0 Å². The largest absolute Gasteiger partial charge is 0.396 e. The zero-order chi connectivity index (χ0) is 15.2. The Kier molecular flexibility index (Phi) is 5.14. The first kappa shape index (κ1) is 15.3. The van der Waals surface area contributed by atoms with Crippen molar-refractivity contribution in [3.8, 4) is 0 Å². The number of aliphatic hydroxyl groups excluding tert-OH is 1. The lowest BCUT2D eigenvalue weighted by molar-refractivity contribution is 0.102. The molecule has 0 saturated heterocycles. The van der Waals surface area contributed by atoms with Crippen LogP contribution in [0.1, 0.15) is 22.3 Å². The SMILES string of the molecule is Nc1ncc(C(=O)Nc2cccc(CCCO)c2)cc1Cl. The van der Waals surface area contributed by atoms with E-state index in [1.54, 1.807) is 6.07 Å². The maximum absolute atomic E-state index is 12.1.